The van der Waals surface area contributed by atoms with Crippen LogP contribution in [0.3, 0.4) is 0 Å². The third-order valence-electron chi connectivity index (χ3n) is 4.88. The monoisotopic (exact) mass is 412 g/mol. The van der Waals surface area contributed by atoms with E-state index in [0.717, 1.165) is 4.57 Å². The molecule has 2 heterocycles. The van der Waals surface area contributed by atoms with Crippen LogP contribution in [0.1, 0.15) is 5.56 Å². The molecule has 0 aliphatic rings. The number of benzene rings is 3. The molecule has 3 aromatic carbocycles. The molecule has 6 nitrogen and oxygen atoms in total. The van der Waals surface area contributed by atoms with Gasteiger partial charge in [-0.05, 0) is 28.5 Å². The highest BCUT2D eigenvalue weighted by atomic mass is 32.2. The van der Waals surface area contributed by atoms with Crippen molar-refractivity contribution in [2.45, 2.75) is 10.9 Å². The van der Waals surface area contributed by atoms with Gasteiger partial charge in [-0.1, -0.05) is 72.4 Å². The quantitative estimate of drug-likeness (QED) is 0.358. The summed E-state index contributed by atoms with van der Waals surface area (Å²) in [4.78, 5) is 36.8. The lowest BCUT2D eigenvalue weighted by molar-refractivity contribution is 0.877. The van der Waals surface area contributed by atoms with Crippen LogP contribution in [0.25, 0.3) is 27.5 Å². The Kier molecular flexibility index (Phi) is 4.65. The molecule has 7 heteroatoms. The van der Waals surface area contributed by atoms with E-state index in [1.165, 1.54) is 34.3 Å². The lowest BCUT2D eigenvalue weighted by atomic mass is 10.1. The van der Waals surface area contributed by atoms with E-state index in [-0.39, 0.29) is 11.0 Å². The molecule has 30 heavy (non-hydrogen) atoms. The Bertz CT molecular complexity index is 1490. The maximum atomic E-state index is 12.8. The minimum absolute atomic E-state index is 0.243. The molecule has 0 amide bonds. The van der Waals surface area contributed by atoms with Crippen molar-refractivity contribution in [3.05, 3.63) is 105 Å². The third kappa shape index (κ3) is 3.29. The highest BCUT2D eigenvalue weighted by Gasteiger charge is 2.12. The third-order valence-corrected chi connectivity index (χ3v) is 5.79. The van der Waals surface area contributed by atoms with Gasteiger partial charge in [0, 0.05) is 11.9 Å². The predicted octanol–water partition coefficient (Wildman–Crippen LogP) is 3.91. The molecule has 1 N–H and O–H groups in total. The van der Waals surface area contributed by atoms with Gasteiger partial charge in [0.25, 0.3) is 5.56 Å². The van der Waals surface area contributed by atoms with E-state index >= 15 is 0 Å². The highest BCUT2D eigenvalue weighted by molar-refractivity contribution is 7.98. The summed E-state index contributed by atoms with van der Waals surface area (Å²) in [6.45, 7) is 0. The minimum Gasteiger partial charge on any atom is -0.291 e. The molecule has 0 atom stereocenters. The number of nitrogens with zero attached hydrogens (tertiary/aromatic N) is 3. The molecule has 0 saturated heterocycles. The zero-order chi connectivity index (χ0) is 20.5. The molecule has 2 aromatic heterocycles. The van der Waals surface area contributed by atoms with Gasteiger partial charge >= 0.3 is 5.69 Å². The van der Waals surface area contributed by atoms with Gasteiger partial charge in [-0.15, -0.1) is 0 Å². The normalized spacial score (nSPS) is 11.2. The molecular weight excluding hydrogens is 396 g/mol. The summed E-state index contributed by atoms with van der Waals surface area (Å²) < 4.78 is 1.09. The van der Waals surface area contributed by atoms with E-state index in [9.17, 15) is 9.59 Å². The Balaban J connectivity index is 1.50. The van der Waals surface area contributed by atoms with Gasteiger partial charge in [0.2, 0.25) is 0 Å². The van der Waals surface area contributed by atoms with Crippen LogP contribution in [0.4, 0.5) is 0 Å². The summed E-state index contributed by atoms with van der Waals surface area (Å²) in [5.74, 6) is 0.679. The van der Waals surface area contributed by atoms with Gasteiger partial charge < -0.3 is 0 Å². The molecule has 146 valence electrons. The van der Waals surface area contributed by atoms with Crippen molar-refractivity contribution in [1.82, 2.24) is 19.5 Å². The van der Waals surface area contributed by atoms with Crippen LogP contribution in [-0.2, 0) is 5.75 Å². The van der Waals surface area contributed by atoms with Crippen LogP contribution in [0.5, 0.6) is 0 Å². The van der Waals surface area contributed by atoms with E-state index in [1.807, 2.05) is 24.3 Å². The second-order valence-corrected chi connectivity index (χ2v) is 7.69. The molecule has 5 aromatic rings. The number of hydrogen-bond donors (Lipinski definition) is 1. The fraction of sp³-hybridized carbons (Fsp3) is 0.0435. The van der Waals surface area contributed by atoms with Crippen LogP contribution < -0.4 is 11.2 Å². The number of aromatic amines is 1. The zero-order valence-corrected chi connectivity index (χ0v) is 16.6. The Labute approximate surface area is 175 Å². The second kappa shape index (κ2) is 7.61. The number of nitrogens with one attached hydrogen (secondary N) is 1. The van der Waals surface area contributed by atoms with Crippen LogP contribution >= 0.6 is 11.8 Å². The van der Waals surface area contributed by atoms with Crippen LogP contribution in [-0.4, -0.2) is 19.5 Å². The molecule has 5 rings (SSSR count). The second-order valence-electron chi connectivity index (χ2n) is 6.75. The Morgan fingerprint density at radius 1 is 0.867 bits per heavy atom. The van der Waals surface area contributed by atoms with Gasteiger partial charge in [-0.2, -0.15) is 0 Å². The Morgan fingerprint density at radius 3 is 2.50 bits per heavy atom. The summed E-state index contributed by atoms with van der Waals surface area (Å²) in [5.41, 5.74) is 0.954. The lowest BCUT2D eigenvalue weighted by Gasteiger charge is -2.07. The summed E-state index contributed by atoms with van der Waals surface area (Å²) in [7, 11) is 0. The van der Waals surface area contributed by atoms with Gasteiger partial charge in [0.15, 0.2) is 10.8 Å². The molecule has 0 saturated carbocycles. The molecule has 0 aliphatic carbocycles. The van der Waals surface area contributed by atoms with Crippen LogP contribution in [0, 0.1) is 0 Å². The Hall–Kier alpha value is -3.71. The number of rotatable bonds is 4. The van der Waals surface area contributed by atoms with Gasteiger partial charge in [-0.3, -0.25) is 9.78 Å². The largest absolute Gasteiger partial charge is 0.334 e. The van der Waals surface area contributed by atoms with Gasteiger partial charge in [0.05, 0.1) is 5.69 Å². The number of H-pyrrole nitrogens is 1. The fourth-order valence-electron chi connectivity index (χ4n) is 3.43. The fourth-order valence-corrected chi connectivity index (χ4v) is 4.25. The standard InChI is InChI=1S/C23H16N4O2S/c28-21-19-13-24-22(30-14-16-9-6-8-15-7-4-5-12-18(15)16)25-20(19)26-23(29)27(21)17-10-2-1-3-11-17/h1-13H,14H2,(H,24,25,26,29). The number of para-hydroxylation sites is 1. The van der Waals surface area contributed by atoms with Crippen LogP contribution in [0.15, 0.2) is 93.7 Å². The molecule has 0 spiro atoms. The van der Waals surface area contributed by atoms with Gasteiger partial charge in [-0.25, -0.2) is 19.3 Å². The summed E-state index contributed by atoms with van der Waals surface area (Å²) >= 11 is 1.46. The van der Waals surface area contributed by atoms with E-state index in [0.29, 0.717) is 16.6 Å². The summed E-state index contributed by atoms with van der Waals surface area (Å²) in [5, 5.41) is 3.14. The van der Waals surface area contributed by atoms with E-state index in [1.54, 1.807) is 24.3 Å². The number of thioether (sulfide) groups is 1. The van der Waals surface area contributed by atoms with E-state index < -0.39 is 11.2 Å². The van der Waals surface area contributed by atoms with Crippen molar-refractivity contribution in [2.24, 2.45) is 0 Å². The number of fused-ring (bicyclic) bond motifs is 2. The van der Waals surface area contributed by atoms with Gasteiger partial charge in [0.1, 0.15) is 5.39 Å². The maximum absolute atomic E-state index is 12.8. The minimum atomic E-state index is -0.526. The SMILES string of the molecule is O=c1[nH]c2nc(SCc3cccc4ccccc34)ncc2c(=O)n1-c1ccccc1. The van der Waals surface area contributed by atoms with Crippen molar-refractivity contribution < 1.29 is 0 Å². The summed E-state index contributed by atoms with van der Waals surface area (Å²) in [6, 6.07) is 23.2. The maximum Gasteiger partial charge on any atom is 0.334 e. The van der Waals surface area contributed by atoms with Crippen molar-refractivity contribution in [3.8, 4) is 5.69 Å². The first-order chi connectivity index (χ1) is 14.7. The first-order valence-electron chi connectivity index (χ1n) is 9.38. The Morgan fingerprint density at radius 2 is 1.63 bits per heavy atom. The van der Waals surface area contributed by atoms with Crippen molar-refractivity contribution in [1.29, 1.82) is 0 Å². The zero-order valence-electron chi connectivity index (χ0n) is 15.8. The smallest absolute Gasteiger partial charge is 0.291 e. The summed E-state index contributed by atoms with van der Waals surface area (Å²) in [6.07, 6.45) is 1.48. The predicted molar refractivity (Wildman–Crippen MR) is 119 cm³/mol. The van der Waals surface area contributed by atoms with Crippen LogP contribution in [0.2, 0.25) is 0 Å². The van der Waals surface area contributed by atoms with E-state index in [2.05, 4.69) is 39.2 Å². The average molecular weight is 412 g/mol. The molecule has 0 fully saturated rings. The molecule has 0 bridgehead atoms. The van der Waals surface area contributed by atoms with E-state index in [4.69, 9.17) is 0 Å². The number of aromatic nitrogens is 4. The lowest BCUT2D eigenvalue weighted by Crippen LogP contribution is -2.34. The van der Waals surface area contributed by atoms with Crippen molar-refractivity contribution in [3.63, 3.8) is 0 Å². The first kappa shape index (κ1) is 18.3. The molecule has 0 radical (unpaired) electrons. The first-order valence-corrected chi connectivity index (χ1v) is 10.4. The highest BCUT2D eigenvalue weighted by Crippen LogP contribution is 2.25. The molecule has 0 unspecified atom stereocenters. The number of hydrogen-bond acceptors (Lipinski definition) is 5. The molecule has 0 aliphatic heterocycles. The van der Waals surface area contributed by atoms with Crippen molar-refractivity contribution >= 4 is 33.6 Å². The average Bonchev–Trinajstić information content (AvgIpc) is 2.78. The topological polar surface area (TPSA) is 80.6 Å². The molecular formula is C23H16N4O2S. The van der Waals surface area contributed by atoms with Crippen molar-refractivity contribution in [2.75, 3.05) is 0 Å².